The number of rotatable bonds is 13. The fraction of sp³-hybridized carbons (Fsp3) is 0.680. The van der Waals surface area contributed by atoms with Gasteiger partial charge in [-0.15, -0.1) is 0 Å². The predicted molar refractivity (Wildman–Crippen MR) is 141 cm³/mol. The number of hydrogen-bond acceptors (Lipinski definition) is 5. The van der Waals surface area contributed by atoms with Gasteiger partial charge < -0.3 is 14.5 Å². The molecule has 0 heterocycles. The Morgan fingerprint density at radius 3 is 2.24 bits per heavy atom. The molecule has 0 saturated heterocycles. The summed E-state index contributed by atoms with van der Waals surface area (Å²) in [6.45, 7) is 5.19. The zero-order chi connectivity index (χ0) is 24.5. The van der Waals surface area contributed by atoms with Crippen molar-refractivity contribution in [3.63, 3.8) is 0 Å². The fourth-order valence-electron chi connectivity index (χ4n) is 5.16. The standard InChI is InChI=1S/C25H41IN4O3/c1-6-30(26)23(32)12-17-28(4)20-24(29(21-31)18-19-33-5)13-15-25(16-14-24,27(2)3)22-10-8-7-9-11-22/h7-11,21H,6,12-20H2,1-5H3. The maximum Gasteiger partial charge on any atom is 0.232 e. The van der Waals surface area contributed by atoms with Crippen LogP contribution in [0.25, 0.3) is 0 Å². The fourth-order valence-corrected chi connectivity index (χ4v) is 5.41. The van der Waals surface area contributed by atoms with Crippen molar-refractivity contribution in [2.45, 2.75) is 50.1 Å². The van der Waals surface area contributed by atoms with Gasteiger partial charge in [0.15, 0.2) is 0 Å². The Balaban J connectivity index is 2.23. The van der Waals surface area contributed by atoms with E-state index >= 15 is 0 Å². The summed E-state index contributed by atoms with van der Waals surface area (Å²) in [6, 6.07) is 10.7. The largest absolute Gasteiger partial charge is 0.383 e. The predicted octanol–water partition coefficient (Wildman–Crippen LogP) is 3.38. The molecule has 0 N–H and O–H groups in total. The van der Waals surface area contributed by atoms with Gasteiger partial charge in [0.2, 0.25) is 12.3 Å². The topological polar surface area (TPSA) is 56.3 Å². The van der Waals surface area contributed by atoms with Crippen LogP contribution in [0.4, 0.5) is 0 Å². The van der Waals surface area contributed by atoms with Crippen LogP contribution in [0.5, 0.6) is 0 Å². The molecule has 8 heteroatoms. The molecule has 186 valence electrons. The minimum absolute atomic E-state index is 0.0437. The molecule has 0 radical (unpaired) electrons. The number of amides is 2. The van der Waals surface area contributed by atoms with Gasteiger partial charge in [-0.2, -0.15) is 0 Å². The third-order valence-electron chi connectivity index (χ3n) is 7.27. The molecule has 1 fully saturated rings. The molecule has 1 aromatic carbocycles. The highest BCUT2D eigenvalue weighted by Gasteiger charge is 2.47. The Labute approximate surface area is 213 Å². The second kappa shape index (κ2) is 13.0. The molecule has 1 aliphatic carbocycles. The highest BCUT2D eigenvalue weighted by molar-refractivity contribution is 14.1. The van der Waals surface area contributed by atoms with Crippen molar-refractivity contribution in [3.8, 4) is 0 Å². The van der Waals surface area contributed by atoms with Gasteiger partial charge in [-0.1, -0.05) is 30.3 Å². The summed E-state index contributed by atoms with van der Waals surface area (Å²) in [5, 5.41) is 0. The molecule has 0 aliphatic heterocycles. The molecule has 1 aliphatic rings. The number of ether oxygens (including phenoxy) is 1. The molecule has 1 aromatic rings. The van der Waals surface area contributed by atoms with Crippen LogP contribution in [0, 0.1) is 0 Å². The van der Waals surface area contributed by atoms with E-state index in [1.54, 1.807) is 10.2 Å². The molecular formula is C25H41IN4O3. The minimum atomic E-state index is -0.277. The highest BCUT2D eigenvalue weighted by atomic mass is 127. The normalized spacial score (nSPS) is 23.0. The highest BCUT2D eigenvalue weighted by Crippen LogP contribution is 2.46. The van der Waals surface area contributed by atoms with Crippen LogP contribution < -0.4 is 0 Å². The summed E-state index contributed by atoms with van der Waals surface area (Å²) < 4.78 is 7.03. The van der Waals surface area contributed by atoms with Crippen molar-refractivity contribution in [1.82, 2.24) is 17.8 Å². The van der Waals surface area contributed by atoms with Gasteiger partial charge in [0.25, 0.3) is 0 Å². The number of carbonyl (C=O) groups is 2. The van der Waals surface area contributed by atoms with E-state index in [0.29, 0.717) is 32.7 Å². The maximum atomic E-state index is 12.3. The number of nitrogens with zero attached hydrogens (tertiary/aromatic N) is 4. The summed E-state index contributed by atoms with van der Waals surface area (Å²) in [7, 11) is 8.04. The first-order chi connectivity index (χ1) is 15.7. The first-order valence-corrected chi connectivity index (χ1v) is 12.8. The average Bonchev–Trinajstić information content (AvgIpc) is 2.83. The van der Waals surface area contributed by atoms with Crippen LogP contribution in [0.2, 0.25) is 0 Å². The average molecular weight is 573 g/mol. The lowest BCUT2D eigenvalue weighted by molar-refractivity contribution is -0.130. The first kappa shape index (κ1) is 28.0. The molecule has 7 nitrogen and oxygen atoms in total. The summed E-state index contributed by atoms with van der Waals surface area (Å²) >= 11 is 2.08. The Hall–Kier alpha value is -1.23. The lowest BCUT2D eigenvalue weighted by Gasteiger charge is -2.54. The SMILES string of the molecule is CCN(I)C(=O)CCN(C)CC1(N(C=O)CCOC)CCC(c2ccccc2)(N(C)C)CC1. The minimum Gasteiger partial charge on any atom is -0.383 e. The molecule has 1 saturated carbocycles. The summed E-state index contributed by atoms with van der Waals surface area (Å²) in [5.74, 6) is 0.143. The number of likely N-dealkylation sites (N-methyl/N-ethyl adjacent to an activating group) is 1. The molecule has 2 rings (SSSR count). The smallest absolute Gasteiger partial charge is 0.232 e. The van der Waals surface area contributed by atoms with E-state index < -0.39 is 0 Å². The number of benzene rings is 1. The van der Waals surface area contributed by atoms with Crippen molar-refractivity contribution in [3.05, 3.63) is 35.9 Å². The van der Waals surface area contributed by atoms with Crippen LogP contribution in [-0.4, -0.2) is 96.7 Å². The van der Waals surface area contributed by atoms with Crippen LogP contribution >= 0.6 is 22.9 Å². The molecule has 0 aromatic heterocycles. The van der Waals surface area contributed by atoms with Gasteiger partial charge >= 0.3 is 0 Å². The van der Waals surface area contributed by atoms with E-state index in [-0.39, 0.29) is 17.0 Å². The van der Waals surface area contributed by atoms with Crippen LogP contribution in [0.1, 0.15) is 44.6 Å². The number of halogens is 1. The Morgan fingerprint density at radius 1 is 1.09 bits per heavy atom. The number of methoxy groups -OCH3 is 1. The summed E-state index contributed by atoms with van der Waals surface area (Å²) in [4.78, 5) is 31.0. The first-order valence-electron chi connectivity index (χ1n) is 11.8. The number of hydrogen-bond donors (Lipinski definition) is 0. The van der Waals surface area contributed by atoms with E-state index in [1.165, 1.54) is 5.56 Å². The van der Waals surface area contributed by atoms with Crippen LogP contribution in [0.15, 0.2) is 30.3 Å². The molecule has 0 unspecified atom stereocenters. The van der Waals surface area contributed by atoms with Crippen molar-refractivity contribution in [2.75, 3.05) is 61.0 Å². The molecule has 0 atom stereocenters. The van der Waals surface area contributed by atoms with Gasteiger partial charge in [-0.05, 0) is 59.3 Å². The van der Waals surface area contributed by atoms with Gasteiger partial charge in [0, 0.05) is 45.2 Å². The monoisotopic (exact) mass is 572 g/mol. The summed E-state index contributed by atoms with van der Waals surface area (Å²) in [6.07, 6.45) is 5.19. The van der Waals surface area contributed by atoms with Crippen LogP contribution in [0.3, 0.4) is 0 Å². The second-order valence-electron chi connectivity index (χ2n) is 9.37. The van der Waals surface area contributed by atoms with Crippen LogP contribution in [-0.2, 0) is 19.9 Å². The molecule has 2 amide bonds. The van der Waals surface area contributed by atoms with Crippen molar-refractivity contribution in [1.29, 1.82) is 0 Å². The third-order valence-corrected chi connectivity index (χ3v) is 8.49. The lowest BCUT2D eigenvalue weighted by Crippen LogP contribution is -2.60. The van der Waals surface area contributed by atoms with Gasteiger partial charge in [0.05, 0.1) is 35.0 Å². The number of carbonyl (C=O) groups excluding carboxylic acids is 2. The van der Waals surface area contributed by atoms with Gasteiger partial charge in [0.1, 0.15) is 0 Å². The Kier molecular flexibility index (Phi) is 11.0. The maximum absolute atomic E-state index is 12.3. The van der Waals surface area contributed by atoms with Gasteiger partial charge in [-0.25, -0.2) is 0 Å². The van der Waals surface area contributed by atoms with E-state index in [2.05, 4.69) is 84.1 Å². The second-order valence-corrected chi connectivity index (χ2v) is 10.5. The quantitative estimate of drug-likeness (QED) is 0.206. The zero-order valence-corrected chi connectivity index (χ0v) is 23.1. The third kappa shape index (κ3) is 6.90. The van der Waals surface area contributed by atoms with Gasteiger partial charge in [-0.3, -0.25) is 17.6 Å². The molecular weight excluding hydrogens is 531 g/mol. The lowest BCUT2D eigenvalue weighted by atomic mass is 9.67. The van der Waals surface area contributed by atoms with Crippen molar-refractivity contribution in [2.24, 2.45) is 0 Å². The van der Waals surface area contributed by atoms with E-state index in [9.17, 15) is 9.59 Å². The molecule has 0 bridgehead atoms. The zero-order valence-electron chi connectivity index (χ0n) is 20.9. The van der Waals surface area contributed by atoms with E-state index in [0.717, 1.165) is 38.6 Å². The Morgan fingerprint density at radius 2 is 1.73 bits per heavy atom. The van der Waals surface area contributed by atoms with E-state index in [4.69, 9.17) is 4.74 Å². The van der Waals surface area contributed by atoms with E-state index in [1.807, 2.05) is 11.8 Å². The van der Waals surface area contributed by atoms with Crippen molar-refractivity contribution < 1.29 is 14.3 Å². The Bertz CT molecular complexity index is 738. The van der Waals surface area contributed by atoms with Crippen molar-refractivity contribution >= 4 is 35.2 Å². The molecule has 0 spiro atoms. The summed E-state index contributed by atoms with van der Waals surface area (Å²) in [5.41, 5.74) is 1.01. The molecule has 33 heavy (non-hydrogen) atoms.